The summed E-state index contributed by atoms with van der Waals surface area (Å²) < 4.78 is 5.67. The Balaban J connectivity index is -0.000000382. The summed E-state index contributed by atoms with van der Waals surface area (Å²) in [7, 11) is 1.81. The van der Waals surface area contributed by atoms with E-state index < -0.39 is 0 Å². The summed E-state index contributed by atoms with van der Waals surface area (Å²) in [5.74, 6) is 1.84. The first-order valence-electron chi connectivity index (χ1n) is 10.4. The van der Waals surface area contributed by atoms with Crippen LogP contribution in [0.4, 0.5) is 0 Å². The molecule has 1 aromatic rings. The van der Waals surface area contributed by atoms with Crippen molar-refractivity contribution in [3.63, 3.8) is 0 Å². The quantitative estimate of drug-likeness (QED) is 0.286. The minimum atomic E-state index is 0.145. The van der Waals surface area contributed by atoms with Crippen molar-refractivity contribution in [2.75, 3.05) is 13.6 Å². The van der Waals surface area contributed by atoms with Crippen LogP contribution in [-0.4, -0.2) is 24.4 Å². The number of amides is 1. The van der Waals surface area contributed by atoms with Crippen LogP contribution in [0, 0.1) is 6.92 Å². The van der Waals surface area contributed by atoms with Gasteiger partial charge in [-0.15, -0.1) is 0 Å². The van der Waals surface area contributed by atoms with E-state index >= 15 is 0 Å². The van der Waals surface area contributed by atoms with Crippen molar-refractivity contribution < 1.29 is 9.53 Å². The fraction of sp³-hybridized carbons (Fsp3) is 0.500. The van der Waals surface area contributed by atoms with Gasteiger partial charge in [0.25, 0.3) is 0 Å². The van der Waals surface area contributed by atoms with Gasteiger partial charge in [0.1, 0.15) is 11.5 Å². The smallest absolute Gasteiger partial charge is 0.219 e. The highest BCUT2D eigenvalue weighted by molar-refractivity contribution is 5.72. The molecule has 29 heavy (non-hydrogen) atoms. The summed E-state index contributed by atoms with van der Waals surface area (Å²) >= 11 is 0. The summed E-state index contributed by atoms with van der Waals surface area (Å²) in [5, 5.41) is 0. The number of benzene rings is 1. The molecule has 0 heterocycles. The van der Waals surface area contributed by atoms with Crippen molar-refractivity contribution in [1.82, 2.24) is 4.90 Å². The van der Waals surface area contributed by atoms with Crippen LogP contribution >= 0.6 is 0 Å². The van der Waals surface area contributed by atoms with E-state index in [4.69, 9.17) is 4.74 Å². The number of aryl methyl sites for hydroxylation is 1. The SMILES string of the molecule is C=CC(Oc1cccc(C)c1)=C(C)C.CC.CC=C(C)C.CCCN(C)C(C)=O. The van der Waals surface area contributed by atoms with Crippen LogP contribution in [0.2, 0.25) is 0 Å². The van der Waals surface area contributed by atoms with Gasteiger partial charge in [0.05, 0.1) is 0 Å². The maximum atomic E-state index is 10.5. The first-order valence-corrected chi connectivity index (χ1v) is 10.4. The van der Waals surface area contributed by atoms with E-state index in [1.54, 1.807) is 17.9 Å². The zero-order valence-corrected chi connectivity index (χ0v) is 20.8. The van der Waals surface area contributed by atoms with Crippen LogP contribution in [-0.2, 0) is 4.79 Å². The summed E-state index contributed by atoms with van der Waals surface area (Å²) in [6, 6.07) is 7.98. The molecule has 0 unspecified atom stereocenters. The highest BCUT2D eigenvalue weighted by Gasteiger charge is 1.98. The van der Waals surface area contributed by atoms with Crippen LogP contribution in [0.15, 0.2) is 59.9 Å². The first-order chi connectivity index (χ1) is 13.6. The molecular formula is C26H45NO2. The van der Waals surface area contributed by atoms with E-state index in [1.165, 1.54) is 11.1 Å². The van der Waals surface area contributed by atoms with Gasteiger partial charge in [0.15, 0.2) is 0 Å². The molecule has 1 rings (SSSR count). The van der Waals surface area contributed by atoms with Gasteiger partial charge in [-0.05, 0) is 77.3 Å². The standard InChI is InChI=1S/C13H16O.C6H13NO.C5H10.C2H6/c1-5-13(10(2)3)14-12-8-6-7-11(4)9-12;1-4-5-7(3)6(2)8;1-4-5(2)3;1-2/h5-9H,1H2,2-4H3;4-5H2,1-3H3;4H,1-3H3;1-2H3. The monoisotopic (exact) mass is 403 g/mol. The lowest BCUT2D eigenvalue weighted by atomic mass is 10.2. The number of rotatable bonds is 5. The molecule has 0 aliphatic heterocycles. The molecule has 166 valence electrons. The molecule has 0 aliphatic rings. The third-order valence-corrected chi connectivity index (χ3v) is 3.57. The van der Waals surface area contributed by atoms with Gasteiger partial charge in [-0.3, -0.25) is 4.79 Å². The largest absolute Gasteiger partial charge is 0.457 e. The average Bonchev–Trinajstić information content (AvgIpc) is 2.68. The van der Waals surface area contributed by atoms with Crippen LogP contribution in [0.25, 0.3) is 0 Å². The Morgan fingerprint density at radius 2 is 1.66 bits per heavy atom. The van der Waals surface area contributed by atoms with E-state index in [-0.39, 0.29) is 5.91 Å². The van der Waals surface area contributed by atoms with Gasteiger partial charge in [-0.1, -0.05) is 51.1 Å². The first kappa shape index (κ1) is 31.4. The molecule has 0 spiro atoms. The summed E-state index contributed by atoms with van der Waals surface area (Å²) in [4.78, 5) is 12.2. The van der Waals surface area contributed by atoms with E-state index in [0.717, 1.165) is 30.0 Å². The predicted molar refractivity (Wildman–Crippen MR) is 130 cm³/mol. The van der Waals surface area contributed by atoms with Crippen LogP contribution in [0.1, 0.15) is 74.3 Å². The number of hydrogen-bond acceptors (Lipinski definition) is 2. The highest BCUT2D eigenvalue weighted by Crippen LogP contribution is 2.17. The van der Waals surface area contributed by atoms with Gasteiger partial charge < -0.3 is 9.64 Å². The van der Waals surface area contributed by atoms with Crippen molar-refractivity contribution in [3.05, 3.63) is 65.5 Å². The number of allylic oxidation sites excluding steroid dienone is 4. The number of nitrogens with zero attached hydrogens (tertiary/aromatic N) is 1. The van der Waals surface area contributed by atoms with Crippen LogP contribution < -0.4 is 4.74 Å². The summed E-state index contributed by atoms with van der Waals surface area (Å²) in [6.07, 6.45) is 4.85. The van der Waals surface area contributed by atoms with Gasteiger partial charge in [0, 0.05) is 20.5 Å². The zero-order valence-electron chi connectivity index (χ0n) is 20.8. The molecule has 3 heteroatoms. The van der Waals surface area contributed by atoms with Crippen molar-refractivity contribution in [2.24, 2.45) is 0 Å². The molecule has 1 aromatic carbocycles. The predicted octanol–water partition coefficient (Wildman–Crippen LogP) is 7.73. The number of carbonyl (C=O) groups excluding carboxylic acids is 1. The summed E-state index contributed by atoms with van der Waals surface area (Å²) in [5.41, 5.74) is 3.70. The molecule has 0 saturated heterocycles. The van der Waals surface area contributed by atoms with Crippen molar-refractivity contribution >= 4 is 5.91 Å². The molecule has 0 saturated carbocycles. The van der Waals surface area contributed by atoms with Gasteiger partial charge in [-0.25, -0.2) is 0 Å². The molecule has 0 atom stereocenters. The Morgan fingerprint density at radius 3 is 1.93 bits per heavy atom. The molecule has 3 nitrogen and oxygen atoms in total. The Kier molecular flexibility index (Phi) is 22.1. The second-order valence-corrected chi connectivity index (χ2v) is 6.79. The normalized spacial score (nSPS) is 8.38. The molecule has 0 radical (unpaired) electrons. The minimum Gasteiger partial charge on any atom is -0.457 e. The molecule has 0 aliphatic carbocycles. The molecular weight excluding hydrogens is 358 g/mol. The maximum Gasteiger partial charge on any atom is 0.219 e. The Morgan fingerprint density at radius 1 is 1.14 bits per heavy atom. The van der Waals surface area contributed by atoms with Crippen molar-refractivity contribution in [3.8, 4) is 5.75 Å². The molecule has 0 bridgehead atoms. The fourth-order valence-corrected chi connectivity index (χ4v) is 1.65. The van der Waals surface area contributed by atoms with Crippen LogP contribution in [0.5, 0.6) is 5.75 Å². The second kappa shape index (κ2) is 20.4. The topological polar surface area (TPSA) is 29.5 Å². The van der Waals surface area contributed by atoms with Crippen molar-refractivity contribution in [1.29, 1.82) is 0 Å². The Hall–Kier alpha value is -2.29. The van der Waals surface area contributed by atoms with Gasteiger partial charge in [0.2, 0.25) is 5.91 Å². The molecule has 0 N–H and O–H groups in total. The number of ether oxygens (including phenoxy) is 1. The second-order valence-electron chi connectivity index (χ2n) is 6.79. The van der Waals surface area contributed by atoms with Gasteiger partial charge in [-0.2, -0.15) is 0 Å². The number of carbonyl (C=O) groups is 1. The van der Waals surface area contributed by atoms with Crippen LogP contribution in [0.3, 0.4) is 0 Å². The molecule has 0 fully saturated rings. The third kappa shape index (κ3) is 20.3. The Bertz CT molecular complexity index is 619. The third-order valence-electron chi connectivity index (χ3n) is 3.57. The average molecular weight is 404 g/mol. The Labute approximate surface area is 181 Å². The lowest BCUT2D eigenvalue weighted by Crippen LogP contribution is -2.24. The van der Waals surface area contributed by atoms with E-state index in [0.29, 0.717) is 0 Å². The van der Waals surface area contributed by atoms with E-state index in [1.807, 2.05) is 72.9 Å². The number of hydrogen-bond donors (Lipinski definition) is 0. The zero-order chi connectivity index (χ0) is 23.4. The highest BCUT2D eigenvalue weighted by atomic mass is 16.5. The lowest BCUT2D eigenvalue weighted by molar-refractivity contribution is -0.127. The lowest BCUT2D eigenvalue weighted by Gasteiger charge is -2.11. The van der Waals surface area contributed by atoms with Gasteiger partial charge >= 0.3 is 0 Å². The molecule has 0 aromatic heterocycles. The minimum absolute atomic E-state index is 0.145. The fourth-order valence-electron chi connectivity index (χ4n) is 1.65. The maximum absolute atomic E-state index is 10.5. The molecule has 1 amide bonds. The van der Waals surface area contributed by atoms with E-state index in [2.05, 4.69) is 33.4 Å². The van der Waals surface area contributed by atoms with Crippen molar-refractivity contribution in [2.45, 2.75) is 75.7 Å². The summed E-state index contributed by atoms with van der Waals surface area (Å²) in [6.45, 7) is 24.5. The van der Waals surface area contributed by atoms with E-state index in [9.17, 15) is 4.79 Å².